The van der Waals surface area contributed by atoms with Gasteiger partial charge in [-0.1, -0.05) is 48.5 Å². The fourth-order valence-corrected chi connectivity index (χ4v) is 3.70. The van der Waals surface area contributed by atoms with Crippen LogP contribution < -0.4 is 15.6 Å². The Balaban J connectivity index is 1.58. The summed E-state index contributed by atoms with van der Waals surface area (Å²) in [6, 6.07) is 20.0. The predicted octanol–water partition coefficient (Wildman–Crippen LogP) is 2.78. The highest BCUT2D eigenvalue weighted by molar-refractivity contribution is 7.89. The summed E-state index contributed by atoms with van der Waals surface area (Å²) in [5, 5.41) is 0. The van der Waals surface area contributed by atoms with E-state index in [0.717, 1.165) is 5.56 Å². The Morgan fingerprint density at radius 3 is 2.31 bits per heavy atom. The summed E-state index contributed by atoms with van der Waals surface area (Å²) < 4.78 is 40.5. The Bertz CT molecular complexity index is 1230. The Morgan fingerprint density at radius 1 is 0.875 bits per heavy atom. The monoisotopic (exact) mass is 453 g/mol. The number of hydrogen-bond acceptors (Lipinski definition) is 4. The molecule has 0 unspecified atom stereocenters. The second kappa shape index (κ2) is 10.5. The van der Waals surface area contributed by atoms with E-state index in [9.17, 15) is 22.4 Å². The van der Waals surface area contributed by atoms with Crippen LogP contribution in [0.3, 0.4) is 0 Å². The van der Waals surface area contributed by atoms with Gasteiger partial charge >= 0.3 is 0 Å². The Hall–Kier alpha value is -3.82. The molecule has 3 N–H and O–H groups in total. The van der Waals surface area contributed by atoms with Gasteiger partial charge in [0, 0.05) is 18.2 Å². The van der Waals surface area contributed by atoms with Gasteiger partial charge in [-0.25, -0.2) is 17.5 Å². The van der Waals surface area contributed by atoms with Crippen LogP contribution >= 0.6 is 0 Å². The molecule has 0 aliphatic heterocycles. The smallest absolute Gasteiger partial charge is 0.268 e. The molecule has 164 valence electrons. The molecule has 0 aliphatic carbocycles. The van der Waals surface area contributed by atoms with Gasteiger partial charge in [-0.3, -0.25) is 20.4 Å². The fraction of sp³-hybridized carbons (Fsp3) is 0.0435. The third kappa shape index (κ3) is 6.59. The van der Waals surface area contributed by atoms with Gasteiger partial charge in [-0.05, 0) is 47.5 Å². The van der Waals surface area contributed by atoms with Gasteiger partial charge < -0.3 is 0 Å². The standard InChI is InChI=1S/C23H20FN3O4S/c24-20-12-9-17(10-13-20)11-14-22(28)26-27-23(29)19-7-4-8-21(15-19)32(30,31)25-16-18-5-2-1-3-6-18/h1-15,25H,16H2,(H,26,28)(H,27,29)/b14-11+. The second-order valence-corrected chi connectivity index (χ2v) is 8.43. The van der Waals surface area contributed by atoms with Crippen molar-refractivity contribution < 1.29 is 22.4 Å². The molecule has 3 rings (SSSR count). The summed E-state index contributed by atoms with van der Waals surface area (Å²) in [6.07, 6.45) is 2.62. The van der Waals surface area contributed by atoms with E-state index in [2.05, 4.69) is 15.6 Å². The van der Waals surface area contributed by atoms with E-state index in [1.165, 1.54) is 60.7 Å². The van der Waals surface area contributed by atoms with Gasteiger partial charge in [0.25, 0.3) is 11.8 Å². The molecule has 0 heterocycles. The van der Waals surface area contributed by atoms with Crippen molar-refractivity contribution in [3.05, 3.63) is 107 Å². The Morgan fingerprint density at radius 2 is 1.59 bits per heavy atom. The van der Waals surface area contributed by atoms with Crippen LogP contribution in [-0.2, 0) is 21.4 Å². The van der Waals surface area contributed by atoms with E-state index in [0.29, 0.717) is 5.56 Å². The molecular formula is C23H20FN3O4S. The molecule has 0 saturated carbocycles. The number of carbonyl (C=O) groups is 2. The molecule has 0 fully saturated rings. The average Bonchev–Trinajstić information content (AvgIpc) is 2.81. The first-order valence-electron chi connectivity index (χ1n) is 9.51. The fourth-order valence-electron chi connectivity index (χ4n) is 2.64. The molecule has 0 saturated heterocycles. The Labute approximate surface area is 185 Å². The quantitative estimate of drug-likeness (QED) is 0.378. The first-order chi connectivity index (χ1) is 15.3. The number of sulfonamides is 1. The Kier molecular flexibility index (Phi) is 7.48. The van der Waals surface area contributed by atoms with Crippen molar-refractivity contribution in [1.29, 1.82) is 0 Å². The van der Waals surface area contributed by atoms with E-state index in [-0.39, 0.29) is 17.0 Å². The van der Waals surface area contributed by atoms with Gasteiger partial charge in [0.1, 0.15) is 5.82 Å². The van der Waals surface area contributed by atoms with E-state index in [1.54, 1.807) is 24.3 Å². The molecule has 0 atom stereocenters. The van der Waals surface area contributed by atoms with Crippen LogP contribution in [0.25, 0.3) is 6.08 Å². The minimum absolute atomic E-state index is 0.0513. The van der Waals surface area contributed by atoms with Gasteiger partial charge in [-0.15, -0.1) is 0 Å². The molecule has 0 radical (unpaired) electrons. The lowest BCUT2D eigenvalue weighted by Crippen LogP contribution is -2.40. The number of rotatable bonds is 7. The first-order valence-corrected chi connectivity index (χ1v) is 11.0. The maximum absolute atomic E-state index is 12.9. The summed E-state index contributed by atoms with van der Waals surface area (Å²) in [7, 11) is -3.84. The summed E-state index contributed by atoms with van der Waals surface area (Å²) >= 11 is 0. The minimum Gasteiger partial charge on any atom is -0.268 e. The van der Waals surface area contributed by atoms with E-state index >= 15 is 0 Å². The summed E-state index contributed by atoms with van der Waals surface area (Å²) in [6.45, 7) is 0.107. The molecule has 3 aromatic rings. The normalized spacial score (nSPS) is 11.3. The van der Waals surface area contributed by atoms with Crippen molar-refractivity contribution in [3.8, 4) is 0 Å². The highest BCUT2D eigenvalue weighted by atomic mass is 32.2. The van der Waals surface area contributed by atoms with Gasteiger partial charge in [-0.2, -0.15) is 0 Å². The molecule has 32 heavy (non-hydrogen) atoms. The van der Waals surface area contributed by atoms with Crippen molar-refractivity contribution in [1.82, 2.24) is 15.6 Å². The zero-order valence-electron chi connectivity index (χ0n) is 16.8. The molecular weight excluding hydrogens is 433 g/mol. The topological polar surface area (TPSA) is 104 Å². The minimum atomic E-state index is -3.84. The number of benzene rings is 3. The van der Waals surface area contributed by atoms with Crippen molar-refractivity contribution in [3.63, 3.8) is 0 Å². The third-order valence-corrected chi connectivity index (χ3v) is 5.71. The van der Waals surface area contributed by atoms with Gasteiger partial charge in [0.2, 0.25) is 10.0 Å². The molecule has 7 nitrogen and oxygen atoms in total. The maximum atomic E-state index is 12.9. The van der Waals surface area contributed by atoms with Crippen LogP contribution in [0.4, 0.5) is 4.39 Å². The highest BCUT2D eigenvalue weighted by Gasteiger charge is 2.16. The van der Waals surface area contributed by atoms with Gasteiger partial charge in [0.05, 0.1) is 4.90 Å². The third-order valence-electron chi connectivity index (χ3n) is 4.31. The molecule has 0 aliphatic rings. The molecule has 0 spiro atoms. The van der Waals surface area contributed by atoms with Crippen molar-refractivity contribution in [2.75, 3.05) is 0 Å². The number of hydrazine groups is 1. The lowest BCUT2D eigenvalue weighted by atomic mass is 10.2. The highest BCUT2D eigenvalue weighted by Crippen LogP contribution is 2.12. The van der Waals surface area contributed by atoms with Crippen LogP contribution in [0.5, 0.6) is 0 Å². The van der Waals surface area contributed by atoms with Crippen LogP contribution in [0, 0.1) is 5.82 Å². The van der Waals surface area contributed by atoms with E-state index < -0.39 is 27.7 Å². The van der Waals surface area contributed by atoms with Crippen molar-refractivity contribution in [2.45, 2.75) is 11.4 Å². The number of amides is 2. The average molecular weight is 453 g/mol. The van der Waals surface area contributed by atoms with Crippen molar-refractivity contribution in [2.24, 2.45) is 0 Å². The van der Waals surface area contributed by atoms with Crippen molar-refractivity contribution >= 4 is 27.9 Å². The van der Waals surface area contributed by atoms with Crippen LogP contribution in [0.1, 0.15) is 21.5 Å². The molecule has 0 aromatic heterocycles. The largest absolute Gasteiger partial charge is 0.269 e. The second-order valence-electron chi connectivity index (χ2n) is 6.67. The van der Waals surface area contributed by atoms with Crippen LogP contribution in [0.15, 0.2) is 89.8 Å². The lowest BCUT2D eigenvalue weighted by molar-refractivity contribution is -0.117. The SMILES string of the molecule is O=C(/C=C/c1ccc(F)cc1)NNC(=O)c1cccc(S(=O)(=O)NCc2ccccc2)c1. The molecule has 9 heteroatoms. The summed E-state index contributed by atoms with van der Waals surface area (Å²) in [5.74, 6) is -1.69. The number of nitrogens with one attached hydrogen (secondary N) is 3. The number of carbonyl (C=O) groups excluding carboxylic acids is 2. The summed E-state index contributed by atoms with van der Waals surface area (Å²) in [5.41, 5.74) is 5.87. The van der Waals surface area contributed by atoms with Gasteiger partial charge in [0.15, 0.2) is 0 Å². The van der Waals surface area contributed by atoms with Crippen LogP contribution in [-0.4, -0.2) is 20.2 Å². The lowest BCUT2D eigenvalue weighted by Gasteiger charge is -2.09. The first kappa shape index (κ1) is 22.9. The number of hydrogen-bond donors (Lipinski definition) is 3. The predicted molar refractivity (Wildman–Crippen MR) is 118 cm³/mol. The zero-order valence-corrected chi connectivity index (χ0v) is 17.6. The molecule has 2 amide bonds. The van der Waals surface area contributed by atoms with Crippen LogP contribution in [0.2, 0.25) is 0 Å². The molecule has 3 aromatic carbocycles. The summed E-state index contributed by atoms with van der Waals surface area (Å²) in [4.78, 5) is 24.1. The van der Waals surface area contributed by atoms with E-state index in [4.69, 9.17) is 0 Å². The zero-order chi connectivity index (χ0) is 23.0. The maximum Gasteiger partial charge on any atom is 0.269 e. The number of halogens is 1. The molecule has 0 bridgehead atoms. The van der Waals surface area contributed by atoms with E-state index in [1.807, 2.05) is 6.07 Å².